The summed E-state index contributed by atoms with van der Waals surface area (Å²) >= 11 is 0. The zero-order chi connectivity index (χ0) is 20.5. The molecule has 3 aromatic carbocycles. The van der Waals surface area contributed by atoms with Gasteiger partial charge < -0.3 is 4.74 Å². The lowest BCUT2D eigenvalue weighted by atomic mass is 9.98. The van der Waals surface area contributed by atoms with Crippen molar-refractivity contribution in [2.45, 2.75) is 12.8 Å². The van der Waals surface area contributed by atoms with E-state index < -0.39 is 0 Å². The van der Waals surface area contributed by atoms with Gasteiger partial charge in [0, 0.05) is 5.56 Å². The van der Waals surface area contributed by atoms with Crippen LogP contribution >= 0.6 is 0 Å². The van der Waals surface area contributed by atoms with E-state index in [-0.39, 0.29) is 5.91 Å². The second kappa shape index (κ2) is 7.48. The molecule has 6 nitrogen and oxygen atoms in total. The number of hydrazone groups is 1. The van der Waals surface area contributed by atoms with Crippen LogP contribution in [0.4, 0.5) is 0 Å². The van der Waals surface area contributed by atoms with Gasteiger partial charge in [-0.1, -0.05) is 42.5 Å². The van der Waals surface area contributed by atoms with E-state index in [9.17, 15) is 4.79 Å². The zero-order valence-corrected chi connectivity index (χ0v) is 16.5. The highest BCUT2D eigenvalue weighted by atomic mass is 16.5. The van der Waals surface area contributed by atoms with Crippen molar-refractivity contribution >= 4 is 22.9 Å². The topological polar surface area (TPSA) is 79.4 Å². The molecule has 30 heavy (non-hydrogen) atoms. The first kappa shape index (κ1) is 18.1. The highest BCUT2D eigenvalue weighted by molar-refractivity contribution is 6.02. The van der Waals surface area contributed by atoms with Crippen LogP contribution in [0.1, 0.15) is 27.2 Å². The molecule has 5 rings (SSSR count). The molecular formula is C24H20N4O2. The van der Waals surface area contributed by atoms with Gasteiger partial charge in [0.15, 0.2) is 0 Å². The maximum Gasteiger partial charge on any atom is 0.289 e. The van der Waals surface area contributed by atoms with Gasteiger partial charge in [-0.2, -0.15) is 10.2 Å². The molecule has 4 aromatic rings. The Hall–Kier alpha value is -3.93. The number of nitrogens with one attached hydrogen (secondary N) is 2. The SMILES string of the molecule is COc1cccc(/C=N/NC(=O)c2cc(-c3ccc4c5c(cccc35)CC4)n[nH]2)c1. The predicted molar refractivity (Wildman–Crippen MR) is 117 cm³/mol. The third-order valence-corrected chi connectivity index (χ3v) is 5.45. The molecule has 148 valence electrons. The molecule has 2 N–H and O–H groups in total. The lowest BCUT2D eigenvalue weighted by molar-refractivity contribution is 0.0950. The van der Waals surface area contributed by atoms with Gasteiger partial charge in [0.2, 0.25) is 0 Å². The second-order valence-corrected chi connectivity index (χ2v) is 7.25. The van der Waals surface area contributed by atoms with Crippen LogP contribution in [0.2, 0.25) is 0 Å². The number of hydrogen-bond donors (Lipinski definition) is 2. The summed E-state index contributed by atoms with van der Waals surface area (Å²) in [5, 5.41) is 13.7. The van der Waals surface area contributed by atoms with Crippen molar-refractivity contribution in [3.05, 3.63) is 83.0 Å². The number of ether oxygens (including phenoxy) is 1. The number of hydrogen-bond acceptors (Lipinski definition) is 4. The number of aryl methyl sites for hydroxylation is 2. The van der Waals surface area contributed by atoms with Gasteiger partial charge in [-0.25, -0.2) is 5.43 Å². The Balaban J connectivity index is 1.36. The summed E-state index contributed by atoms with van der Waals surface area (Å²) < 4.78 is 5.18. The molecule has 6 heteroatoms. The number of benzene rings is 3. The molecule has 1 amide bonds. The van der Waals surface area contributed by atoms with E-state index in [1.807, 2.05) is 24.3 Å². The zero-order valence-electron chi connectivity index (χ0n) is 16.5. The fourth-order valence-electron chi connectivity index (χ4n) is 3.99. The van der Waals surface area contributed by atoms with E-state index in [1.54, 1.807) is 19.4 Å². The van der Waals surface area contributed by atoms with Crippen molar-refractivity contribution in [2.24, 2.45) is 5.10 Å². The molecule has 0 radical (unpaired) electrons. The maximum absolute atomic E-state index is 12.5. The lowest BCUT2D eigenvalue weighted by Gasteiger charge is -2.06. The quantitative estimate of drug-likeness (QED) is 0.394. The largest absolute Gasteiger partial charge is 0.497 e. The number of methoxy groups -OCH3 is 1. The van der Waals surface area contributed by atoms with Crippen LogP contribution in [-0.4, -0.2) is 29.4 Å². The number of H-pyrrole nitrogens is 1. The molecule has 0 bridgehead atoms. The summed E-state index contributed by atoms with van der Waals surface area (Å²) in [7, 11) is 1.61. The van der Waals surface area contributed by atoms with E-state index in [1.165, 1.54) is 21.9 Å². The predicted octanol–water partition coefficient (Wildman–Crippen LogP) is 4.10. The summed E-state index contributed by atoms with van der Waals surface area (Å²) in [6, 6.07) is 19.8. The number of nitrogens with zero attached hydrogens (tertiary/aromatic N) is 2. The highest BCUT2D eigenvalue weighted by Gasteiger charge is 2.18. The summed E-state index contributed by atoms with van der Waals surface area (Å²) in [6.45, 7) is 0. The van der Waals surface area contributed by atoms with Gasteiger partial charge >= 0.3 is 0 Å². The minimum absolute atomic E-state index is 0.348. The molecule has 0 spiro atoms. The molecule has 1 aliphatic carbocycles. The van der Waals surface area contributed by atoms with Gasteiger partial charge in [-0.3, -0.25) is 9.89 Å². The third-order valence-electron chi connectivity index (χ3n) is 5.45. The van der Waals surface area contributed by atoms with Crippen molar-refractivity contribution in [2.75, 3.05) is 7.11 Å². The first-order chi connectivity index (χ1) is 14.7. The Morgan fingerprint density at radius 1 is 1.10 bits per heavy atom. The molecule has 0 unspecified atom stereocenters. The minimum Gasteiger partial charge on any atom is -0.497 e. The molecular weight excluding hydrogens is 376 g/mol. The number of amides is 1. The van der Waals surface area contributed by atoms with Crippen LogP contribution < -0.4 is 10.2 Å². The van der Waals surface area contributed by atoms with Gasteiger partial charge in [0.25, 0.3) is 5.91 Å². The van der Waals surface area contributed by atoms with Gasteiger partial charge in [0.1, 0.15) is 11.4 Å². The van der Waals surface area contributed by atoms with Crippen molar-refractivity contribution in [3.8, 4) is 17.0 Å². The Bertz CT molecular complexity index is 1280. The number of carbonyl (C=O) groups excluding carboxylic acids is 1. The Kier molecular flexibility index (Phi) is 4.52. The average Bonchev–Trinajstić information content (AvgIpc) is 3.43. The van der Waals surface area contributed by atoms with Gasteiger partial charge in [0.05, 0.1) is 19.0 Å². The first-order valence-corrected chi connectivity index (χ1v) is 9.79. The number of rotatable bonds is 5. The second-order valence-electron chi connectivity index (χ2n) is 7.25. The molecule has 1 aromatic heterocycles. The van der Waals surface area contributed by atoms with Crippen LogP contribution in [0.3, 0.4) is 0 Å². The molecule has 0 saturated carbocycles. The summed E-state index contributed by atoms with van der Waals surface area (Å²) in [5.74, 6) is 0.382. The van der Waals surface area contributed by atoms with E-state index in [4.69, 9.17) is 4.74 Å². The maximum atomic E-state index is 12.5. The van der Waals surface area contributed by atoms with Crippen molar-refractivity contribution in [1.82, 2.24) is 15.6 Å². The standard InChI is InChI=1S/C24H20N4O2/c1-30-18-6-2-4-15(12-18)14-25-28-24(29)22-13-21(26-27-22)19-11-10-17-9-8-16-5-3-7-20(19)23(16)17/h2-7,10-14H,8-9H2,1H3,(H,26,27)(H,28,29)/b25-14+. The fourth-order valence-corrected chi connectivity index (χ4v) is 3.99. The van der Waals surface area contributed by atoms with Gasteiger partial charge in [-0.15, -0.1) is 0 Å². The van der Waals surface area contributed by atoms with Crippen molar-refractivity contribution < 1.29 is 9.53 Å². The van der Waals surface area contributed by atoms with Crippen molar-refractivity contribution in [3.63, 3.8) is 0 Å². The minimum atomic E-state index is -0.348. The van der Waals surface area contributed by atoms with Crippen LogP contribution in [0.5, 0.6) is 5.75 Å². The third kappa shape index (κ3) is 3.22. The van der Waals surface area contributed by atoms with E-state index in [0.717, 1.165) is 35.4 Å². The fraction of sp³-hybridized carbons (Fsp3) is 0.125. The van der Waals surface area contributed by atoms with Gasteiger partial charge in [-0.05, 0) is 58.5 Å². The molecule has 0 aliphatic heterocycles. The smallest absolute Gasteiger partial charge is 0.289 e. The monoisotopic (exact) mass is 396 g/mol. The Morgan fingerprint density at radius 2 is 1.93 bits per heavy atom. The Labute approximate surface area is 173 Å². The van der Waals surface area contributed by atoms with Crippen LogP contribution in [0.15, 0.2) is 65.8 Å². The molecule has 0 atom stereocenters. The normalized spacial score (nSPS) is 12.6. The molecule has 0 fully saturated rings. The highest BCUT2D eigenvalue weighted by Crippen LogP contribution is 2.36. The summed E-state index contributed by atoms with van der Waals surface area (Å²) in [5.41, 5.74) is 8.24. The van der Waals surface area contributed by atoms with Crippen LogP contribution in [-0.2, 0) is 12.8 Å². The number of aromatic nitrogens is 2. The average molecular weight is 396 g/mol. The molecule has 1 heterocycles. The Morgan fingerprint density at radius 3 is 2.80 bits per heavy atom. The first-order valence-electron chi connectivity index (χ1n) is 9.79. The lowest BCUT2D eigenvalue weighted by Crippen LogP contribution is -2.18. The van der Waals surface area contributed by atoms with E-state index in [2.05, 4.69) is 51.1 Å². The molecule has 0 saturated heterocycles. The van der Waals surface area contributed by atoms with Crippen LogP contribution in [0.25, 0.3) is 22.0 Å². The number of aromatic amines is 1. The molecule has 1 aliphatic rings. The van der Waals surface area contributed by atoms with E-state index in [0.29, 0.717) is 5.69 Å². The summed E-state index contributed by atoms with van der Waals surface area (Å²) in [4.78, 5) is 12.5. The summed E-state index contributed by atoms with van der Waals surface area (Å²) in [6.07, 6.45) is 3.73. The van der Waals surface area contributed by atoms with Crippen LogP contribution in [0, 0.1) is 0 Å². The van der Waals surface area contributed by atoms with E-state index >= 15 is 0 Å². The van der Waals surface area contributed by atoms with Crippen molar-refractivity contribution in [1.29, 1.82) is 0 Å². The number of carbonyl (C=O) groups is 1.